The molecule has 12 heteroatoms. The van der Waals surface area contributed by atoms with E-state index < -0.39 is 35.1 Å². The van der Waals surface area contributed by atoms with Gasteiger partial charge in [0.25, 0.3) is 10.7 Å². The number of fused-ring (bicyclic) bond motifs is 1. The quantitative estimate of drug-likeness (QED) is 0.472. The maximum Gasteiger partial charge on any atom is 0.295 e. The lowest BCUT2D eigenvalue weighted by molar-refractivity contribution is -0.0603. The molecule has 0 aromatic carbocycles. The number of aliphatic hydroxyl groups excluding tert-OH is 2. The van der Waals surface area contributed by atoms with Gasteiger partial charge in [0.2, 0.25) is 17.2 Å². The Hall–Kier alpha value is -2.26. The van der Waals surface area contributed by atoms with Gasteiger partial charge in [-0.15, -0.1) is 5.10 Å². The van der Waals surface area contributed by atoms with E-state index in [2.05, 4.69) is 15.1 Å². The fraction of sp³-hybridized carbons (Fsp3) is 0.455. The summed E-state index contributed by atoms with van der Waals surface area (Å²) in [6.45, 7) is -0.782. The molecule has 1 fully saturated rings. The third-order valence-corrected chi connectivity index (χ3v) is 4.10. The van der Waals surface area contributed by atoms with Gasteiger partial charge in [0.1, 0.15) is 24.0 Å². The smallest absolute Gasteiger partial charge is 0.295 e. The van der Waals surface area contributed by atoms with E-state index in [1.54, 1.807) is 6.07 Å². The Labute approximate surface area is 131 Å². The van der Waals surface area contributed by atoms with Crippen LogP contribution in [0.5, 0.6) is 0 Å². The average Bonchev–Trinajstić information content (AvgIpc) is 2.99. The van der Waals surface area contributed by atoms with Crippen LogP contribution < -0.4 is 11.3 Å². The number of H-pyrrole nitrogens is 1. The molecular formula is C11H10ClFN6O4. The molecule has 4 atom stereocenters. The van der Waals surface area contributed by atoms with Crippen molar-refractivity contribution < 1.29 is 19.3 Å². The van der Waals surface area contributed by atoms with Crippen LogP contribution in [-0.4, -0.2) is 53.7 Å². The number of nitrogens with two attached hydrogens (primary N) is 1. The van der Waals surface area contributed by atoms with Crippen molar-refractivity contribution >= 4 is 23.2 Å². The zero-order chi connectivity index (χ0) is 17.0. The van der Waals surface area contributed by atoms with Crippen LogP contribution in [0.3, 0.4) is 0 Å². The summed E-state index contributed by atoms with van der Waals surface area (Å²) in [7, 11) is 0. The number of hydrogen-bond acceptors (Lipinski definition) is 8. The molecular weight excluding hydrogens is 335 g/mol. The van der Waals surface area contributed by atoms with Gasteiger partial charge in [0, 0.05) is 0 Å². The highest BCUT2D eigenvalue weighted by atomic mass is 35.5. The number of imidazole rings is 1. The molecule has 122 valence electrons. The van der Waals surface area contributed by atoms with E-state index in [4.69, 9.17) is 27.2 Å². The molecule has 0 bridgehead atoms. The van der Waals surface area contributed by atoms with Crippen LogP contribution in [0.15, 0.2) is 11.0 Å². The van der Waals surface area contributed by atoms with Crippen molar-refractivity contribution in [2.24, 2.45) is 0 Å². The van der Waals surface area contributed by atoms with Gasteiger partial charge in [-0.1, -0.05) is 11.6 Å². The van der Waals surface area contributed by atoms with Crippen LogP contribution in [0.4, 0.5) is 10.3 Å². The Kier molecular flexibility index (Phi) is 3.31. The lowest BCUT2D eigenvalue weighted by atomic mass is 9.93. The number of alkyl halides is 2. The first kappa shape index (κ1) is 15.6. The summed E-state index contributed by atoms with van der Waals surface area (Å²) in [4.78, 5) is 17.7. The minimum Gasteiger partial charge on any atom is -0.394 e. The number of aromatic amines is 1. The Morgan fingerprint density at radius 3 is 2.96 bits per heavy atom. The van der Waals surface area contributed by atoms with E-state index in [1.807, 2.05) is 0 Å². The molecule has 2 aromatic rings. The number of nitrogens with zero attached hydrogens (tertiary/aromatic N) is 4. The molecule has 3 rings (SSSR count). The average molecular weight is 345 g/mol. The Bertz CT molecular complexity index is 876. The molecule has 0 spiro atoms. The van der Waals surface area contributed by atoms with Crippen molar-refractivity contribution in [2.45, 2.75) is 22.9 Å². The third-order valence-electron chi connectivity index (χ3n) is 3.61. The molecule has 10 nitrogen and oxygen atoms in total. The summed E-state index contributed by atoms with van der Waals surface area (Å²) in [5, 5.41) is 29.1. The third kappa shape index (κ3) is 1.86. The Morgan fingerprint density at radius 1 is 1.70 bits per heavy atom. The van der Waals surface area contributed by atoms with E-state index in [0.29, 0.717) is 0 Å². The van der Waals surface area contributed by atoms with E-state index in [9.17, 15) is 19.6 Å². The summed E-state index contributed by atoms with van der Waals surface area (Å²) in [6.07, 6.45) is -2.50. The van der Waals surface area contributed by atoms with E-state index in [-0.39, 0.29) is 17.3 Å². The maximum absolute atomic E-state index is 14.9. The number of aliphatic hydroxyl groups is 2. The van der Waals surface area contributed by atoms with Crippen molar-refractivity contribution in [2.75, 3.05) is 12.3 Å². The molecule has 3 heterocycles. The largest absolute Gasteiger partial charge is 0.394 e. The summed E-state index contributed by atoms with van der Waals surface area (Å²) in [5.41, 5.74) is 1.52. The molecule has 1 aliphatic rings. The van der Waals surface area contributed by atoms with Crippen LogP contribution in [-0.2, 0) is 10.3 Å². The zero-order valence-electron chi connectivity index (χ0n) is 11.3. The summed E-state index contributed by atoms with van der Waals surface area (Å²) >= 11 is 5.72. The highest BCUT2D eigenvalue weighted by Crippen LogP contribution is 2.51. The van der Waals surface area contributed by atoms with E-state index in [0.717, 1.165) is 10.7 Å². The van der Waals surface area contributed by atoms with Gasteiger partial charge in [-0.3, -0.25) is 9.78 Å². The number of nitrogens with one attached hydrogen (secondary N) is 1. The predicted octanol–water partition coefficient (Wildman–Crippen LogP) is -1.62. The Morgan fingerprint density at radius 2 is 2.39 bits per heavy atom. The summed E-state index contributed by atoms with van der Waals surface area (Å²) < 4.78 is 20.9. The van der Waals surface area contributed by atoms with Gasteiger partial charge < -0.3 is 20.7 Å². The van der Waals surface area contributed by atoms with Crippen LogP contribution in [0.2, 0.25) is 0 Å². The van der Waals surface area contributed by atoms with Gasteiger partial charge in [-0.05, 0) is 0 Å². The van der Waals surface area contributed by atoms with Gasteiger partial charge in [-0.2, -0.15) is 5.26 Å². The summed E-state index contributed by atoms with van der Waals surface area (Å²) in [6, 6.07) is 1.54. The number of rotatable bonds is 2. The molecule has 0 saturated carbocycles. The van der Waals surface area contributed by atoms with Crippen LogP contribution in [0.25, 0.3) is 5.65 Å². The van der Waals surface area contributed by atoms with E-state index >= 15 is 0 Å². The minimum atomic E-state index is -3.12. The van der Waals surface area contributed by atoms with E-state index in [1.165, 1.54) is 0 Å². The highest BCUT2D eigenvalue weighted by molar-refractivity contribution is 6.24. The maximum atomic E-state index is 14.9. The zero-order valence-corrected chi connectivity index (χ0v) is 12.0. The van der Waals surface area contributed by atoms with Crippen molar-refractivity contribution in [3.8, 4) is 6.07 Å². The number of ether oxygens (including phenoxy) is 1. The summed E-state index contributed by atoms with van der Waals surface area (Å²) in [5.74, 6) is -0.314. The number of nitrogen functional groups attached to an aromatic ring is 1. The van der Waals surface area contributed by atoms with Gasteiger partial charge in [0.15, 0.2) is 0 Å². The second-order valence-corrected chi connectivity index (χ2v) is 5.47. The first-order valence-corrected chi connectivity index (χ1v) is 6.66. The molecule has 1 saturated heterocycles. The van der Waals surface area contributed by atoms with Gasteiger partial charge >= 0.3 is 0 Å². The fourth-order valence-corrected chi connectivity index (χ4v) is 2.81. The molecule has 5 N–H and O–H groups in total. The highest BCUT2D eigenvalue weighted by Gasteiger charge is 2.69. The molecule has 23 heavy (non-hydrogen) atoms. The monoisotopic (exact) mass is 344 g/mol. The van der Waals surface area contributed by atoms with Crippen LogP contribution >= 0.6 is 11.6 Å². The standard InChI is InChI=1S/C11H10ClFN6O4/c12-11(13)6(21)4(2-20)23-10(11,3-14)5-1-16-7-8(22)17-9(15)18-19(5)7/h1,4,6,20-21H,2H2,(H3,15,17,18,22)/t4-,6?,10+,11-/m1/s1. The number of nitriles is 1. The predicted molar refractivity (Wildman–Crippen MR) is 73.0 cm³/mol. The Balaban J connectivity index is 2.32. The van der Waals surface area contributed by atoms with Crippen molar-refractivity contribution in [1.29, 1.82) is 5.26 Å². The minimum absolute atomic E-state index is 0.276. The lowest BCUT2D eigenvalue weighted by Gasteiger charge is -2.28. The molecule has 1 aliphatic heterocycles. The van der Waals surface area contributed by atoms with Crippen LogP contribution in [0.1, 0.15) is 5.69 Å². The second-order valence-electron chi connectivity index (χ2n) is 4.92. The molecule has 0 radical (unpaired) electrons. The first-order valence-electron chi connectivity index (χ1n) is 6.28. The normalized spacial score (nSPS) is 33.9. The number of halogens is 2. The molecule has 1 unspecified atom stereocenters. The van der Waals surface area contributed by atoms with Crippen molar-refractivity contribution in [3.05, 3.63) is 22.2 Å². The number of aromatic nitrogens is 4. The van der Waals surface area contributed by atoms with Gasteiger partial charge in [0.05, 0.1) is 12.8 Å². The molecule has 0 amide bonds. The lowest BCUT2D eigenvalue weighted by Crippen LogP contribution is -2.46. The van der Waals surface area contributed by atoms with Crippen LogP contribution in [0, 0.1) is 11.3 Å². The second kappa shape index (κ2) is 4.87. The van der Waals surface area contributed by atoms with Gasteiger partial charge in [-0.25, -0.2) is 13.9 Å². The number of anilines is 1. The molecule has 0 aliphatic carbocycles. The molecule has 2 aromatic heterocycles. The van der Waals surface area contributed by atoms with Crippen molar-refractivity contribution in [3.63, 3.8) is 0 Å². The SMILES string of the molecule is N#C[C@@]1(c2cnc3c(=O)[nH]c(N)nn23)O[C@H](CO)C(O)[C@]1(F)Cl. The van der Waals surface area contributed by atoms with Crippen molar-refractivity contribution in [1.82, 2.24) is 19.6 Å². The first-order chi connectivity index (χ1) is 10.8. The number of hydrogen-bond donors (Lipinski definition) is 4. The fourth-order valence-electron chi connectivity index (χ4n) is 2.48. The topological polar surface area (TPSA) is 163 Å².